The van der Waals surface area contributed by atoms with Crippen molar-refractivity contribution in [3.63, 3.8) is 0 Å². The standard InChI is InChI=1S/C28H34FN9O/c1-3-38(34-27(30)37-12-10-35(2)11-13-37)24-6-4-23(5-7-24)32-28-31-9-8-26(33-28)21-18-22(29)20-25(19-21)36-14-16-39-17-15-36/h3-9,18-20H,1,10-17H2,2H3,(H2,30,34)(H,31,32,33). The maximum atomic E-state index is 14.5. The average molecular weight is 532 g/mol. The molecule has 0 unspecified atom stereocenters. The Kier molecular flexibility index (Phi) is 8.18. The van der Waals surface area contributed by atoms with E-state index in [1.165, 1.54) is 6.07 Å². The third-order valence-corrected chi connectivity index (χ3v) is 6.81. The molecule has 11 heteroatoms. The predicted octanol–water partition coefficient (Wildman–Crippen LogP) is 3.29. The van der Waals surface area contributed by atoms with Gasteiger partial charge >= 0.3 is 0 Å². The zero-order valence-electron chi connectivity index (χ0n) is 22.1. The maximum Gasteiger partial charge on any atom is 0.227 e. The van der Waals surface area contributed by atoms with Crippen LogP contribution in [-0.2, 0) is 4.74 Å². The molecular weight excluding hydrogens is 497 g/mol. The highest BCUT2D eigenvalue weighted by molar-refractivity contribution is 5.79. The van der Waals surface area contributed by atoms with Crippen molar-refractivity contribution in [1.82, 2.24) is 19.8 Å². The summed E-state index contributed by atoms with van der Waals surface area (Å²) in [5.41, 5.74) is 10.0. The highest BCUT2D eigenvalue weighted by Gasteiger charge is 2.17. The van der Waals surface area contributed by atoms with Gasteiger partial charge in [0.25, 0.3) is 0 Å². The van der Waals surface area contributed by atoms with Crippen LogP contribution in [0.25, 0.3) is 11.3 Å². The monoisotopic (exact) mass is 531 g/mol. The number of likely N-dealkylation sites (N-methyl/N-ethyl adjacent to an activating group) is 1. The Balaban J connectivity index is 1.28. The van der Waals surface area contributed by atoms with Gasteiger partial charge in [-0.2, -0.15) is 0 Å². The lowest BCUT2D eigenvalue weighted by atomic mass is 10.1. The minimum absolute atomic E-state index is 0.305. The van der Waals surface area contributed by atoms with Gasteiger partial charge in [0, 0.05) is 68.6 Å². The van der Waals surface area contributed by atoms with Gasteiger partial charge in [-0.05, 0) is 55.6 Å². The number of rotatable bonds is 7. The number of nitrogens with one attached hydrogen (secondary N) is 1. The van der Waals surface area contributed by atoms with E-state index in [1.807, 2.05) is 30.3 Å². The van der Waals surface area contributed by atoms with Crippen LogP contribution in [0.5, 0.6) is 0 Å². The van der Waals surface area contributed by atoms with Crippen LogP contribution in [0.1, 0.15) is 0 Å². The summed E-state index contributed by atoms with van der Waals surface area (Å²) in [5, 5.41) is 9.44. The van der Waals surface area contributed by atoms with E-state index in [9.17, 15) is 4.39 Å². The number of piperazine rings is 1. The average Bonchev–Trinajstić information content (AvgIpc) is 2.97. The van der Waals surface area contributed by atoms with Crippen molar-refractivity contribution in [1.29, 1.82) is 0 Å². The highest BCUT2D eigenvalue weighted by Crippen LogP contribution is 2.27. The molecule has 0 spiro atoms. The number of ether oxygens (including phenoxy) is 1. The molecule has 0 radical (unpaired) electrons. The molecule has 5 rings (SSSR count). The van der Waals surface area contributed by atoms with Gasteiger partial charge in [-0.1, -0.05) is 6.58 Å². The quantitative estimate of drug-likeness (QED) is 0.270. The van der Waals surface area contributed by atoms with Crippen LogP contribution < -0.4 is 21.0 Å². The highest BCUT2D eigenvalue weighted by atomic mass is 19.1. The number of hydrogen-bond donors (Lipinski definition) is 2. The van der Waals surface area contributed by atoms with Gasteiger partial charge in [-0.25, -0.2) is 19.4 Å². The van der Waals surface area contributed by atoms with Crippen molar-refractivity contribution >= 4 is 29.0 Å². The third-order valence-electron chi connectivity index (χ3n) is 6.81. The largest absolute Gasteiger partial charge is 0.378 e. The Morgan fingerprint density at radius 3 is 2.54 bits per heavy atom. The molecule has 3 N–H and O–H groups in total. The van der Waals surface area contributed by atoms with Crippen molar-refractivity contribution in [3.05, 3.63) is 73.3 Å². The predicted molar refractivity (Wildman–Crippen MR) is 154 cm³/mol. The maximum absolute atomic E-state index is 14.5. The smallest absolute Gasteiger partial charge is 0.227 e. The van der Waals surface area contributed by atoms with Crippen LogP contribution in [0.2, 0.25) is 0 Å². The Hall–Kier alpha value is -4.22. The second kappa shape index (κ2) is 12.1. The SMILES string of the molecule is C=CN(/N=C(\N)N1CCN(C)CC1)c1ccc(Nc2nccc(-c3cc(F)cc(N4CCOCC4)c3)n2)cc1. The summed E-state index contributed by atoms with van der Waals surface area (Å²) in [6.45, 7) is 10.2. The fourth-order valence-electron chi connectivity index (χ4n) is 4.55. The third kappa shape index (κ3) is 6.62. The number of morpholine rings is 1. The number of hydrogen-bond acceptors (Lipinski definition) is 8. The molecule has 0 bridgehead atoms. The molecule has 2 fully saturated rings. The molecule has 3 heterocycles. The van der Waals surface area contributed by atoms with E-state index >= 15 is 0 Å². The van der Waals surface area contributed by atoms with Gasteiger partial charge in [0.2, 0.25) is 11.9 Å². The van der Waals surface area contributed by atoms with E-state index in [0.29, 0.717) is 36.4 Å². The number of benzene rings is 2. The molecule has 2 aliphatic heterocycles. The number of aromatic nitrogens is 2. The molecule has 39 heavy (non-hydrogen) atoms. The van der Waals surface area contributed by atoms with Crippen LogP contribution in [0.3, 0.4) is 0 Å². The molecule has 0 saturated carbocycles. The zero-order chi connectivity index (χ0) is 27.2. The van der Waals surface area contributed by atoms with Crippen LogP contribution >= 0.6 is 0 Å². The van der Waals surface area contributed by atoms with Gasteiger partial charge in [-0.3, -0.25) is 0 Å². The Labute approximate surface area is 228 Å². The number of anilines is 4. The van der Waals surface area contributed by atoms with Crippen LogP contribution in [0.4, 0.5) is 27.4 Å². The van der Waals surface area contributed by atoms with E-state index in [4.69, 9.17) is 10.5 Å². The van der Waals surface area contributed by atoms with Crippen molar-refractivity contribution in [2.45, 2.75) is 0 Å². The first-order valence-electron chi connectivity index (χ1n) is 13.0. The summed E-state index contributed by atoms with van der Waals surface area (Å²) >= 11 is 0. The molecule has 0 amide bonds. The molecule has 1 aromatic heterocycles. The lowest BCUT2D eigenvalue weighted by molar-refractivity contribution is 0.122. The van der Waals surface area contributed by atoms with E-state index in [2.05, 4.69) is 48.7 Å². The van der Waals surface area contributed by atoms with Crippen LogP contribution in [-0.4, -0.2) is 85.3 Å². The van der Waals surface area contributed by atoms with Crippen LogP contribution in [0.15, 0.2) is 72.6 Å². The molecular formula is C28H34FN9O. The fourth-order valence-corrected chi connectivity index (χ4v) is 4.55. The van der Waals surface area contributed by atoms with Gasteiger partial charge in [0.15, 0.2) is 0 Å². The van der Waals surface area contributed by atoms with Crippen LogP contribution in [0, 0.1) is 5.82 Å². The Morgan fingerprint density at radius 2 is 1.82 bits per heavy atom. The topological polar surface area (TPSA) is 98.4 Å². The van der Waals surface area contributed by atoms with Crippen molar-refractivity contribution in [2.75, 3.05) is 74.8 Å². The Bertz CT molecular complexity index is 1300. The lowest BCUT2D eigenvalue weighted by Crippen LogP contribution is -2.50. The normalized spacial score (nSPS) is 16.7. The van der Waals surface area contributed by atoms with E-state index < -0.39 is 0 Å². The van der Waals surface area contributed by atoms with E-state index in [0.717, 1.165) is 56.3 Å². The van der Waals surface area contributed by atoms with E-state index in [-0.39, 0.29) is 5.82 Å². The first-order valence-corrected chi connectivity index (χ1v) is 13.0. The second-order valence-electron chi connectivity index (χ2n) is 9.51. The van der Waals surface area contributed by atoms with Gasteiger partial charge < -0.3 is 30.5 Å². The second-order valence-corrected chi connectivity index (χ2v) is 9.51. The number of guanidine groups is 1. The van der Waals surface area contributed by atoms with Gasteiger partial charge in [-0.15, -0.1) is 5.10 Å². The van der Waals surface area contributed by atoms with Gasteiger partial charge in [0.05, 0.1) is 24.6 Å². The lowest BCUT2D eigenvalue weighted by Gasteiger charge is -2.33. The van der Waals surface area contributed by atoms with Crippen molar-refractivity contribution < 1.29 is 9.13 Å². The summed E-state index contributed by atoms with van der Waals surface area (Å²) < 4.78 is 19.9. The molecule has 2 aliphatic rings. The fraction of sp³-hybridized carbons (Fsp3) is 0.321. The van der Waals surface area contributed by atoms with E-state index in [1.54, 1.807) is 29.5 Å². The minimum atomic E-state index is -0.305. The first-order chi connectivity index (χ1) is 19.0. The summed E-state index contributed by atoms with van der Waals surface area (Å²) in [6, 6.07) is 14.4. The number of halogens is 1. The summed E-state index contributed by atoms with van der Waals surface area (Å²) in [7, 11) is 2.10. The molecule has 0 aliphatic carbocycles. The molecule has 204 valence electrons. The molecule has 0 atom stereocenters. The first kappa shape index (κ1) is 26.4. The molecule has 2 saturated heterocycles. The number of hydrazone groups is 1. The Morgan fingerprint density at radius 1 is 1.08 bits per heavy atom. The summed E-state index contributed by atoms with van der Waals surface area (Å²) in [6.07, 6.45) is 3.29. The summed E-state index contributed by atoms with van der Waals surface area (Å²) in [5.74, 6) is 0.570. The molecule has 2 aromatic carbocycles. The zero-order valence-corrected chi connectivity index (χ0v) is 22.1. The van der Waals surface area contributed by atoms with Crippen molar-refractivity contribution in [3.8, 4) is 11.3 Å². The number of nitrogens with zero attached hydrogens (tertiary/aromatic N) is 7. The number of nitrogens with two attached hydrogens (primary N) is 1. The molecule has 3 aromatic rings. The van der Waals surface area contributed by atoms with Gasteiger partial charge in [0.1, 0.15) is 5.82 Å². The summed E-state index contributed by atoms with van der Waals surface area (Å²) in [4.78, 5) is 15.4. The molecule has 10 nitrogen and oxygen atoms in total. The van der Waals surface area contributed by atoms with Crippen molar-refractivity contribution in [2.24, 2.45) is 10.8 Å². The minimum Gasteiger partial charge on any atom is -0.378 e.